The summed E-state index contributed by atoms with van der Waals surface area (Å²) in [6.45, 7) is 1.82. The molecule has 0 unspecified atom stereocenters. The zero-order valence-corrected chi connectivity index (χ0v) is 8.87. The molecule has 1 atom stereocenters. The minimum atomic E-state index is -0.336. The highest BCUT2D eigenvalue weighted by atomic mass is 16.6. The molecule has 0 N–H and O–H groups in total. The fourth-order valence-electron chi connectivity index (χ4n) is 1.71. The average Bonchev–Trinajstić information content (AvgIpc) is 2.53. The smallest absolute Gasteiger partial charge is 0.342 e. The first-order chi connectivity index (χ1) is 7.17. The summed E-state index contributed by atoms with van der Waals surface area (Å²) in [5.74, 6) is 0.825. The molecule has 0 spiro atoms. The third-order valence-corrected chi connectivity index (χ3v) is 2.49. The Hall–Kier alpha value is -1.71. The van der Waals surface area contributed by atoms with E-state index in [2.05, 4.69) is 0 Å². The Balaban J connectivity index is 2.62. The maximum atomic E-state index is 11.5. The molecule has 0 saturated carbocycles. The van der Waals surface area contributed by atoms with Gasteiger partial charge in [-0.25, -0.2) is 4.79 Å². The van der Waals surface area contributed by atoms with Gasteiger partial charge in [-0.15, -0.1) is 0 Å². The molecule has 15 heavy (non-hydrogen) atoms. The molecule has 0 aliphatic carbocycles. The van der Waals surface area contributed by atoms with E-state index in [0.717, 1.165) is 5.56 Å². The summed E-state index contributed by atoms with van der Waals surface area (Å²) in [5, 5.41) is 0. The van der Waals surface area contributed by atoms with Crippen LogP contribution in [0.25, 0.3) is 0 Å². The summed E-state index contributed by atoms with van der Waals surface area (Å²) in [6, 6.07) is 3.48. The SMILES string of the molecule is COc1cc(OC)c2c(c1)[C@@H](C)OC2=O. The van der Waals surface area contributed by atoms with Gasteiger partial charge in [0.15, 0.2) is 0 Å². The number of hydrogen-bond acceptors (Lipinski definition) is 4. The van der Waals surface area contributed by atoms with Gasteiger partial charge in [0.25, 0.3) is 0 Å². The van der Waals surface area contributed by atoms with E-state index in [1.54, 1.807) is 19.2 Å². The van der Waals surface area contributed by atoms with Crippen molar-refractivity contribution in [2.24, 2.45) is 0 Å². The Morgan fingerprint density at radius 1 is 1.27 bits per heavy atom. The molecule has 0 fully saturated rings. The predicted octanol–water partition coefficient (Wildman–Crippen LogP) is 1.94. The first kappa shape index (κ1) is 9.83. The Morgan fingerprint density at radius 2 is 2.00 bits per heavy atom. The van der Waals surface area contributed by atoms with E-state index in [1.165, 1.54) is 7.11 Å². The monoisotopic (exact) mass is 208 g/mol. The van der Waals surface area contributed by atoms with Gasteiger partial charge in [0, 0.05) is 11.6 Å². The highest BCUT2D eigenvalue weighted by Crippen LogP contribution is 2.39. The first-order valence-electron chi connectivity index (χ1n) is 4.64. The summed E-state index contributed by atoms with van der Waals surface area (Å²) in [5.41, 5.74) is 1.32. The summed E-state index contributed by atoms with van der Waals surface area (Å²) in [6.07, 6.45) is -0.239. The predicted molar refractivity (Wildman–Crippen MR) is 53.4 cm³/mol. The molecule has 1 aliphatic heterocycles. The third kappa shape index (κ3) is 1.42. The van der Waals surface area contributed by atoms with Gasteiger partial charge < -0.3 is 14.2 Å². The molecule has 0 amide bonds. The number of methoxy groups -OCH3 is 2. The number of ether oxygens (including phenoxy) is 3. The van der Waals surface area contributed by atoms with Crippen molar-refractivity contribution < 1.29 is 19.0 Å². The van der Waals surface area contributed by atoms with Crippen molar-refractivity contribution in [2.45, 2.75) is 13.0 Å². The van der Waals surface area contributed by atoms with Gasteiger partial charge in [-0.3, -0.25) is 0 Å². The molecule has 1 aromatic rings. The molecule has 1 heterocycles. The second-order valence-electron chi connectivity index (χ2n) is 3.34. The normalized spacial score (nSPS) is 18.3. The van der Waals surface area contributed by atoms with Crippen molar-refractivity contribution in [3.8, 4) is 11.5 Å². The lowest BCUT2D eigenvalue weighted by atomic mass is 10.0. The number of carbonyl (C=O) groups excluding carboxylic acids is 1. The van der Waals surface area contributed by atoms with Crippen LogP contribution in [0.3, 0.4) is 0 Å². The standard InChI is InChI=1S/C11H12O4/c1-6-8-4-7(13-2)5-9(14-3)10(8)11(12)15-6/h4-6H,1-3H3/t6-/m1/s1. The number of benzene rings is 1. The van der Waals surface area contributed by atoms with Crippen molar-refractivity contribution in [2.75, 3.05) is 14.2 Å². The van der Waals surface area contributed by atoms with Crippen molar-refractivity contribution in [1.82, 2.24) is 0 Å². The van der Waals surface area contributed by atoms with E-state index in [1.807, 2.05) is 6.92 Å². The van der Waals surface area contributed by atoms with Crippen LogP contribution in [0.15, 0.2) is 12.1 Å². The van der Waals surface area contributed by atoms with Crippen LogP contribution in [0.1, 0.15) is 28.9 Å². The Labute approximate surface area is 87.8 Å². The fourth-order valence-corrected chi connectivity index (χ4v) is 1.71. The quantitative estimate of drug-likeness (QED) is 0.696. The summed E-state index contributed by atoms with van der Waals surface area (Å²) in [4.78, 5) is 11.5. The van der Waals surface area contributed by atoms with Crippen molar-refractivity contribution >= 4 is 5.97 Å². The highest BCUT2D eigenvalue weighted by Gasteiger charge is 2.32. The third-order valence-electron chi connectivity index (χ3n) is 2.49. The van der Waals surface area contributed by atoms with Crippen LogP contribution in [0.4, 0.5) is 0 Å². The molecule has 4 heteroatoms. The van der Waals surface area contributed by atoms with E-state index < -0.39 is 0 Å². The van der Waals surface area contributed by atoms with Crippen LogP contribution in [0.2, 0.25) is 0 Å². The van der Waals surface area contributed by atoms with Gasteiger partial charge in [0.05, 0.1) is 14.2 Å². The molecule has 2 rings (SSSR count). The zero-order valence-electron chi connectivity index (χ0n) is 8.87. The molecule has 0 saturated heterocycles. The van der Waals surface area contributed by atoms with Gasteiger partial charge in [-0.1, -0.05) is 0 Å². The zero-order chi connectivity index (χ0) is 11.0. The van der Waals surface area contributed by atoms with E-state index in [4.69, 9.17) is 14.2 Å². The Morgan fingerprint density at radius 3 is 2.60 bits per heavy atom. The van der Waals surface area contributed by atoms with Gasteiger partial charge in [-0.05, 0) is 13.0 Å². The van der Waals surface area contributed by atoms with E-state index >= 15 is 0 Å². The van der Waals surface area contributed by atoms with Crippen molar-refractivity contribution in [3.63, 3.8) is 0 Å². The second kappa shape index (κ2) is 3.46. The number of hydrogen-bond donors (Lipinski definition) is 0. The summed E-state index contributed by atoms with van der Waals surface area (Å²) >= 11 is 0. The van der Waals surface area contributed by atoms with Gasteiger partial charge >= 0.3 is 5.97 Å². The lowest BCUT2D eigenvalue weighted by Gasteiger charge is -2.08. The highest BCUT2D eigenvalue weighted by molar-refractivity contribution is 5.97. The first-order valence-corrected chi connectivity index (χ1v) is 4.64. The van der Waals surface area contributed by atoms with Gasteiger partial charge in [0.1, 0.15) is 23.2 Å². The lowest BCUT2D eigenvalue weighted by Crippen LogP contribution is -1.99. The number of carbonyl (C=O) groups is 1. The molecule has 0 aromatic heterocycles. The lowest BCUT2D eigenvalue weighted by molar-refractivity contribution is 0.0420. The topological polar surface area (TPSA) is 44.8 Å². The molecular formula is C11H12O4. The van der Waals surface area contributed by atoms with Crippen molar-refractivity contribution in [1.29, 1.82) is 0 Å². The number of fused-ring (bicyclic) bond motifs is 1. The van der Waals surface area contributed by atoms with E-state index in [0.29, 0.717) is 17.1 Å². The van der Waals surface area contributed by atoms with Gasteiger partial charge in [0.2, 0.25) is 0 Å². The second-order valence-corrected chi connectivity index (χ2v) is 3.34. The number of cyclic esters (lactones) is 1. The maximum Gasteiger partial charge on any atom is 0.342 e. The molecule has 80 valence electrons. The largest absolute Gasteiger partial charge is 0.497 e. The van der Waals surface area contributed by atoms with Crippen LogP contribution in [-0.2, 0) is 4.74 Å². The minimum Gasteiger partial charge on any atom is -0.497 e. The molecule has 0 bridgehead atoms. The van der Waals surface area contributed by atoms with Gasteiger partial charge in [-0.2, -0.15) is 0 Å². The summed E-state index contributed by atoms with van der Waals surface area (Å²) in [7, 11) is 3.09. The van der Waals surface area contributed by atoms with Crippen LogP contribution in [-0.4, -0.2) is 20.2 Å². The van der Waals surface area contributed by atoms with Crippen LogP contribution in [0.5, 0.6) is 11.5 Å². The average molecular weight is 208 g/mol. The van der Waals surface area contributed by atoms with E-state index in [9.17, 15) is 4.79 Å². The Bertz CT molecular complexity index is 411. The van der Waals surface area contributed by atoms with E-state index in [-0.39, 0.29) is 12.1 Å². The maximum absolute atomic E-state index is 11.5. The fraction of sp³-hybridized carbons (Fsp3) is 0.364. The molecule has 4 nitrogen and oxygen atoms in total. The van der Waals surface area contributed by atoms with Crippen LogP contribution < -0.4 is 9.47 Å². The van der Waals surface area contributed by atoms with Crippen LogP contribution in [0, 0.1) is 0 Å². The molecular weight excluding hydrogens is 196 g/mol. The minimum absolute atomic E-state index is 0.239. The van der Waals surface area contributed by atoms with Crippen LogP contribution >= 0.6 is 0 Å². The molecule has 1 aliphatic rings. The number of esters is 1. The number of rotatable bonds is 2. The summed E-state index contributed by atoms with van der Waals surface area (Å²) < 4.78 is 15.4. The molecule has 0 radical (unpaired) electrons. The Kier molecular flexibility index (Phi) is 2.26. The van der Waals surface area contributed by atoms with Crippen molar-refractivity contribution in [3.05, 3.63) is 23.3 Å². The molecule has 1 aromatic carbocycles.